The van der Waals surface area contributed by atoms with Crippen LogP contribution in [0.25, 0.3) is 0 Å². The van der Waals surface area contributed by atoms with Gasteiger partial charge in [-0.05, 0) is 31.0 Å². The quantitative estimate of drug-likeness (QED) is 0.728. The minimum Gasteiger partial charge on any atom is -0.478 e. The molecule has 2 rings (SSSR count). The molecule has 1 unspecified atom stereocenters. The molecule has 0 spiro atoms. The molecule has 0 saturated carbocycles. The Morgan fingerprint density at radius 2 is 2.14 bits per heavy atom. The average Bonchev–Trinajstić information content (AvgIpc) is 2.40. The molecule has 1 fully saturated rings. The topological polar surface area (TPSA) is 113 Å². The Hall–Kier alpha value is -2.00. The summed E-state index contributed by atoms with van der Waals surface area (Å²) in [5.41, 5.74) is -0.359. The number of carboxylic acid groups (broad SMARTS) is 1. The predicted octanol–water partition coefficient (Wildman–Crippen LogP) is 0.0808. The molecule has 1 amide bonds. The van der Waals surface area contributed by atoms with E-state index < -0.39 is 38.7 Å². The van der Waals surface area contributed by atoms with E-state index >= 15 is 0 Å². The van der Waals surface area contributed by atoms with Crippen molar-refractivity contribution in [3.63, 3.8) is 0 Å². The van der Waals surface area contributed by atoms with Gasteiger partial charge < -0.3 is 10.4 Å². The maximum atomic E-state index is 13.8. The highest BCUT2D eigenvalue weighted by Gasteiger charge is 2.29. The lowest BCUT2D eigenvalue weighted by molar-refractivity contribution is -0.124. The summed E-state index contributed by atoms with van der Waals surface area (Å²) in [5, 5.41) is 11.2. The zero-order chi connectivity index (χ0) is 15.6. The molecular formula is C12H13FN2O5S. The number of halogens is 1. The third-order valence-corrected chi connectivity index (χ3v) is 4.56. The summed E-state index contributed by atoms with van der Waals surface area (Å²) in [6.07, 6.45) is 0.930. The third-order valence-electron chi connectivity index (χ3n) is 3.05. The number of hydrogen-bond acceptors (Lipinski definition) is 4. The largest absolute Gasteiger partial charge is 0.478 e. The van der Waals surface area contributed by atoms with Crippen LogP contribution in [0.3, 0.4) is 0 Å². The normalized spacial score (nSPS) is 19.1. The Morgan fingerprint density at radius 3 is 2.71 bits per heavy atom. The van der Waals surface area contributed by atoms with Gasteiger partial charge >= 0.3 is 5.97 Å². The fraction of sp³-hybridized carbons (Fsp3) is 0.333. The van der Waals surface area contributed by atoms with Crippen molar-refractivity contribution in [1.29, 1.82) is 0 Å². The van der Waals surface area contributed by atoms with Crippen LogP contribution in [0.15, 0.2) is 23.1 Å². The maximum Gasteiger partial charge on any atom is 0.335 e. The van der Waals surface area contributed by atoms with E-state index in [1.165, 1.54) is 0 Å². The lowest BCUT2D eigenvalue weighted by atomic mass is 10.1. The number of aromatic carboxylic acids is 1. The molecule has 1 atom stereocenters. The van der Waals surface area contributed by atoms with Gasteiger partial charge in [-0.1, -0.05) is 0 Å². The Labute approximate surface area is 120 Å². The summed E-state index contributed by atoms with van der Waals surface area (Å²) in [4.78, 5) is 21.5. The highest BCUT2D eigenvalue weighted by Crippen LogP contribution is 2.17. The van der Waals surface area contributed by atoms with Gasteiger partial charge in [-0.15, -0.1) is 0 Å². The van der Waals surface area contributed by atoms with E-state index in [0.29, 0.717) is 25.5 Å². The van der Waals surface area contributed by atoms with Gasteiger partial charge in [0.15, 0.2) is 0 Å². The molecule has 3 N–H and O–H groups in total. The van der Waals surface area contributed by atoms with Gasteiger partial charge in [0.2, 0.25) is 15.9 Å². The van der Waals surface area contributed by atoms with E-state index in [2.05, 4.69) is 10.0 Å². The lowest BCUT2D eigenvalue weighted by Crippen LogP contribution is -2.50. The van der Waals surface area contributed by atoms with Crippen molar-refractivity contribution in [2.75, 3.05) is 6.54 Å². The number of benzene rings is 1. The highest BCUT2D eigenvalue weighted by molar-refractivity contribution is 7.89. The van der Waals surface area contributed by atoms with Crippen molar-refractivity contribution in [3.05, 3.63) is 29.6 Å². The summed E-state index contributed by atoms with van der Waals surface area (Å²) < 4.78 is 40.0. The number of sulfonamides is 1. The number of hydrogen-bond donors (Lipinski definition) is 3. The van der Waals surface area contributed by atoms with Crippen LogP contribution in [0.1, 0.15) is 23.2 Å². The van der Waals surface area contributed by atoms with E-state index in [9.17, 15) is 22.4 Å². The zero-order valence-electron chi connectivity index (χ0n) is 10.8. The van der Waals surface area contributed by atoms with Crippen LogP contribution in [0.4, 0.5) is 4.39 Å². The first-order valence-electron chi connectivity index (χ1n) is 6.14. The number of nitrogens with one attached hydrogen (secondary N) is 2. The number of carbonyl (C=O) groups is 2. The van der Waals surface area contributed by atoms with Crippen molar-refractivity contribution >= 4 is 21.9 Å². The van der Waals surface area contributed by atoms with Crippen molar-refractivity contribution in [1.82, 2.24) is 10.0 Å². The molecule has 1 aliphatic rings. The Balaban J connectivity index is 2.27. The smallest absolute Gasteiger partial charge is 0.335 e. The summed E-state index contributed by atoms with van der Waals surface area (Å²) in [7, 11) is -4.24. The molecule has 0 aliphatic carbocycles. The van der Waals surface area contributed by atoms with E-state index in [-0.39, 0.29) is 5.56 Å². The van der Waals surface area contributed by atoms with Gasteiger partial charge in [-0.3, -0.25) is 4.79 Å². The molecule has 0 aromatic heterocycles. The van der Waals surface area contributed by atoms with Crippen LogP contribution in [0, 0.1) is 5.82 Å². The van der Waals surface area contributed by atoms with Crippen LogP contribution in [0.2, 0.25) is 0 Å². The summed E-state index contributed by atoms with van der Waals surface area (Å²) in [6, 6.07) is 1.52. The highest BCUT2D eigenvalue weighted by atomic mass is 32.2. The standard InChI is InChI=1S/C12H13FN2O5S/c13-8-6-7(12(17)18)3-4-10(8)21(19,20)15-9-2-1-5-14-11(9)16/h3-4,6,9,15H,1-2,5H2,(H,14,16)(H,17,18). The van der Waals surface area contributed by atoms with E-state index in [0.717, 1.165) is 12.1 Å². The Morgan fingerprint density at radius 1 is 1.43 bits per heavy atom. The van der Waals surface area contributed by atoms with Crippen LogP contribution in [-0.2, 0) is 14.8 Å². The average molecular weight is 316 g/mol. The Bertz CT molecular complexity index is 689. The molecule has 1 aromatic rings. The van der Waals surface area contributed by atoms with Crippen LogP contribution >= 0.6 is 0 Å². The summed E-state index contributed by atoms with van der Waals surface area (Å²) >= 11 is 0. The maximum absolute atomic E-state index is 13.8. The third kappa shape index (κ3) is 3.37. The first kappa shape index (κ1) is 15.4. The van der Waals surface area contributed by atoms with E-state index in [4.69, 9.17) is 5.11 Å². The van der Waals surface area contributed by atoms with Crippen LogP contribution in [0.5, 0.6) is 0 Å². The second-order valence-electron chi connectivity index (χ2n) is 4.56. The van der Waals surface area contributed by atoms with Gasteiger partial charge in [0.25, 0.3) is 0 Å². The number of carboxylic acids is 1. The molecule has 114 valence electrons. The second kappa shape index (κ2) is 5.78. The molecule has 1 aromatic carbocycles. The molecule has 1 saturated heterocycles. The molecule has 1 heterocycles. The fourth-order valence-electron chi connectivity index (χ4n) is 1.99. The predicted molar refractivity (Wildman–Crippen MR) is 69.7 cm³/mol. The van der Waals surface area contributed by atoms with E-state index in [1.54, 1.807) is 0 Å². The van der Waals surface area contributed by atoms with Crippen LogP contribution < -0.4 is 10.0 Å². The molecular weight excluding hydrogens is 303 g/mol. The minimum atomic E-state index is -4.24. The van der Waals surface area contributed by atoms with Gasteiger partial charge in [-0.2, -0.15) is 4.72 Å². The van der Waals surface area contributed by atoms with Crippen molar-refractivity contribution in [2.24, 2.45) is 0 Å². The molecule has 0 radical (unpaired) electrons. The number of rotatable bonds is 4. The molecule has 7 nitrogen and oxygen atoms in total. The summed E-state index contributed by atoms with van der Waals surface area (Å²) in [5.74, 6) is -3.01. The van der Waals surface area contributed by atoms with Crippen molar-refractivity contribution in [3.8, 4) is 0 Å². The zero-order valence-corrected chi connectivity index (χ0v) is 11.6. The van der Waals surface area contributed by atoms with Crippen molar-refractivity contribution < 1.29 is 27.5 Å². The van der Waals surface area contributed by atoms with Gasteiger partial charge in [0.05, 0.1) is 5.56 Å². The molecule has 0 bridgehead atoms. The number of piperidine rings is 1. The van der Waals surface area contributed by atoms with Gasteiger partial charge in [0, 0.05) is 6.54 Å². The van der Waals surface area contributed by atoms with Crippen molar-refractivity contribution in [2.45, 2.75) is 23.8 Å². The first-order chi connectivity index (χ1) is 9.81. The number of carbonyl (C=O) groups excluding carboxylic acids is 1. The number of amides is 1. The Kier molecular flexibility index (Phi) is 4.24. The summed E-state index contributed by atoms with van der Waals surface area (Å²) in [6.45, 7) is 0.471. The van der Waals surface area contributed by atoms with Gasteiger partial charge in [0.1, 0.15) is 16.8 Å². The van der Waals surface area contributed by atoms with E-state index in [1.807, 2.05) is 0 Å². The molecule has 21 heavy (non-hydrogen) atoms. The molecule has 1 aliphatic heterocycles. The van der Waals surface area contributed by atoms with Gasteiger partial charge in [-0.25, -0.2) is 17.6 Å². The lowest BCUT2D eigenvalue weighted by Gasteiger charge is -2.22. The first-order valence-corrected chi connectivity index (χ1v) is 7.62. The SMILES string of the molecule is O=C(O)c1ccc(S(=O)(=O)NC2CCCNC2=O)c(F)c1. The fourth-order valence-corrected chi connectivity index (χ4v) is 3.28. The monoisotopic (exact) mass is 316 g/mol. The molecule has 9 heteroatoms. The second-order valence-corrected chi connectivity index (χ2v) is 6.24. The minimum absolute atomic E-state index is 0.319. The van der Waals surface area contributed by atoms with Crippen LogP contribution in [-0.4, -0.2) is 38.0 Å².